The van der Waals surface area contributed by atoms with Gasteiger partial charge in [0, 0.05) is 7.05 Å². The Bertz CT molecular complexity index is 655. The average Bonchev–Trinajstić information content (AvgIpc) is 2.46. The van der Waals surface area contributed by atoms with Crippen LogP contribution in [0.5, 0.6) is 0 Å². The number of nitrogens with zero attached hydrogens (tertiary/aromatic N) is 1. The Morgan fingerprint density at radius 3 is 2.50 bits per heavy atom. The van der Waals surface area contributed by atoms with Gasteiger partial charge in [0.2, 0.25) is 5.91 Å². The minimum absolute atomic E-state index is 0.0455. The highest BCUT2D eigenvalue weighted by Gasteiger charge is 2.25. The molecule has 22 heavy (non-hydrogen) atoms. The maximum atomic E-state index is 12.3. The van der Waals surface area contributed by atoms with Gasteiger partial charge in [-0.2, -0.15) is 0 Å². The van der Waals surface area contributed by atoms with Crippen LogP contribution in [0.15, 0.2) is 41.1 Å². The first-order valence-corrected chi connectivity index (χ1v) is 8.93. The lowest BCUT2D eigenvalue weighted by atomic mass is 10.4. The van der Waals surface area contributed by atoms with Crippen molar-refractivity contribution in [3.8, 4) is 0 Å². The Balaban J connectivity index is 2.96. The van der Waals surface area contributed by atoms with Gasteiger partial charge in [-0.25, -0.2) is 8.42 Å². The molecule has 0 saturated carbocycles. The topological polar surface area (TPSA) is 63.7 Å². The van der Waals surface area contributed by atoms with Crippen LogP contribution in [0.4, 0.5) is 0 Å². The molecule has 7 heteroatoms. The summed E-state index contributed by atoms with van der Waals surface area (Å²) >= 11 is 5.89. The van der Waals surface area contributed by atoms with Crippen LogP contribution in [-0.4, -0.2) is 38.6 Å². The van der Waals surface area contributed by atoms with Crippen LogP contribution in [0.3, 0.4) is 0 Å². The highest BCUT2D eigenvalue weighted by Crippen LogP contribution is 2.22. The third-order valence-corrected chi connectivity index (χ3v) is 4.96. The zero-order chi connectivity index (χ0) is 16.8. The fraction of sp³-hybridized carbons (Fsp3) is 0.400. The quantitative estimate of drug-likeness (QED) is 0.713. The van der Waals surface area contributed by atoms with Gasteiger partial charge in [-0.1, -0.05) is 30.7 Å². The van der Waals surface area contributed by atoms with E-state index in [0.29, 0.717) is 18.9 Å². The number of halogens is 1. The van der Waals surface area contributed by atoms with E-state index in [2.05, 4.69) is 0 Å². The Hall–Kier alpha value is -1.53. The summed E-state index contributed by atoms with van der Waals surface area (Å²) in [5.74, 6) is -0.890. The highest BCUT2D eigenvalue weighted by atomic mass is 35.5. The molecule has 0 aliphatic rings. The molecule has 1 amide bonds. The molecular formula is C15H20ClNO4S. The summed E-state index contributed by atoms with van der Waals surface area (Å²) in [6.45, 7) is 4.08. The summed E-state index contributed by atoms with van der Waals surface area (Å²) in [6.07, 6.45) is 2.40. The smallest absolute Gasteiger partial charge is 0.244 e. The minimum atomic E-state index is -3.80. The molecule has 0 spiro atoms. The lowest BCUT2D eigenvalue weighted by Gasteiger charge is -2.20. The SMILES string of the molecule is CC/C=C(/OCC)N(C)C(=O)CS(=O)(=O)c1ccccc1Cl. The molecule has 5 nitrogen and oxygen atoms in total. The molecule has 1 aromatic rings. The number of amides is 1. The van der Waals surface area contributed by atoms with Gasteiger partial charge in [0.05, 0.1) is 16.5 Å². The van der Waals surface area contributed by atoms with Crippen molar-refractivity contribution in [1.29, 1.82) is 0 Å². The average molecular weight is 346 g/mol. The molecule has 0 unspecified atom stereocenters. The van der Waals surface area contributed by atoms with Crippen molar-refractivity contribution in [3.63, 3.8) is 0 Å². The second kappa shape index (κ2) is 8.19. The monoisotopic (exact) mass is 345 g/mol. The summed E-state index contributed by atoms with van der Waals surface area (Å²) < 4.78 is 30.0. The van der Waals surface area contributed by atoms with Crippen molar-refractivity contribution in [2.45, 2.75) is 25.2 Å². The van der Waals surface area contributed by atoms with Gasteiger partial charge in [0.1, 0.15) is 5.75 Å². The molecule has 0 saturated heterocycles. The molecule has 0 aliphatic carbocycles. The summed E-state index contributed by atoms with van der Waals surface area (Å²) in [6, 6.07) is 6.06. The van der Waals surface area contributed by atoms with E-state index in [1.54, 1.807) is 25.1 Å². The maximum absolute atomic E-state index is 12.3. The second-order valence-electron chi connectivity index (χ2n) is 4.53. The first-order chi connectivity index (χ1) is 10.3. The van der Waals surface area contributed by atoms with E-state index >= 15 is 0 Å². The number of hydrogen-bond donors (Lipinski definition) is 0. The van der Waals surface area contributed by atoms with E-state index < -0.39 is 21.5 Å². The van der Waals surface area contributed by atoms with Gasteiger partial charge >= 0.3 is 0 Å². The predicted molar refractivity (Wildman–Crippen MR) is 86.3 cm³/mol. The van der Waals surface area contributed by atoms with Crippen LogP contribution < -0.4 is 0 Å². The fourth-order valence-corrected chi connectivity index (χ4v) is 3.59. The largest absolute Gasteiger partial charge is 0.479 e. The van der Waals surface area contributed by atoms with Gasteiger partial charge in [-0.15, -0.1) is 0 Å². The third-order valence-electron chi connectivity index (χ3n) is 2.86. The summed E-state index contributed by atoms with van der Waals surface area (Å²) in [7, 11) is -2.32. The Labute approximate surface area is 136 Å². The number of carbonyl (C=O) groups is 1. The van der Waals surface area contributed by atoms with Crippen LogP contribution in [0, 0.1) is 0 Å². The molecule has 0 fully saturated rings. The summed E-state index contributed by atoms with van der Waals surface area (Å²) in [4.78, 5) is 13.4. The normalized spacial score (nSPS) is 12.1. The minimum Gasteiger partial charge on any atom is -0.479 e. The number of allylic oxidation sites excluding steroid dienone is 1. The molecule has 1 rings (SSSR count). The molecule has 0 heterocycles. The first kappa shape index (κ1) is 18.5. The van der Waals surface area contributed by atoms with Crippen molar-refractivity contribution in [3.05, 3.63) is 41.2 Å². The molecule has 122 valence electrons. The van der Waals surface area contributed by atoms with Gasteiger partial charge in [-0.05, 0) is 31.6 Å². The Morgan fingerprint density at radius 2 is 1.95 bits per heavy atom. The number of benzene rings is 1. The van der Waals surface area contributed by atoms with Crippen LogP contribution >= 0.6 is 11.6 Å². The lowest BCUT2D eigenvalue weighted by molar-refractivity contribution is -0.127. The Kier molecular flexibility index (Phi) is 6.90. The van der Waals surface area contributed by atoms with Crippen LogP contribution in [0.2, 0.25) is 5.02 Å². The fourth-order valence-electron chi connectivity index (χ4n) is 1.77. The molecule has 0 aromatic heterocycles. The molecule has 0 bridgehead atoms. The van der Waals surface area contributed by atoms with Crippen molar-refractivity contribution >= 4 is 27.3 Å². The predicted octanol–water partition coefficient (Wildman–Crippen LogP) is 2.86. The van der Waals surface area contributed by atoms with Gasteiger partial charge in [-0.3, -0.25) is 9.69 Å². The first-order valence-electron chi connectivity index (χ1n) is 6.90. The van der Waals surface area contributed by atoms with Gasteiger partial charge < -0.3 is 4.74 Å². The third kappa shape index (κ3) is 4.74. The molecule has 0 radical (unpaired) electrons. The van der Waals surface area contributed by atoms with Crippen molar-refractivity contribution < 1.29 is 17.9 Å². The highest BCUT2D eigenvalue weighted by molar-refractivity contribution is 7.92. The number of rotatable bonds is 7. The molecule has 0 atom stereocenters. The lowest BCUT2D eigenvalue weighted by Crippen LogP contribution is -2.33. The second-order valence-corrected chi connectivity index (χ2v) is 6.89. The standard InChI is InChI=1S/C15H20ClNO4S/c1-4-8-15(21-5-2)17(3)14(18)11-22(19,20)13-10-7-6-9-12(13)16/h6-10H,4-5,11H2,1-3H3/b15-8+. The van der Waals surface area contributed by atoms with E-state index in [9.17, 15) is 13.2 Å². The van der Waals surface area contributed by atoms with Crippen LogP contribution in [-0.2, 0) is 19.4 Å². The van der Waals surface area contributed by atoms with E-state index in [4.69, 9.17) is 16.3 Å². The zero-order valence-corrected chi connectivity index (χ0v) is 14.4. The maximum Gasteiger partial charge on any atom is 0.244 e. The van der Waals surface area contributed by atoms with Crippen LogP contribution in [0.1, 0.15) is 20.3 Å². The van der Waals surface area contributed by atoms with Gasteiger partial charge in [0.25, 0.3) is 0 Å². The van der Waals surface area contributed by atoms with Crippen molar-refractivity contribution in [2.75, 3.05) is 19.4 Å². The number of sulfone groups is 1. The molecule has 0 aliphatic heterocycles. The van der Waals surface area contributed by atoms with E-state index in [0.717, 1.165) is 0 Å². The summed E-state index contributed by atoms with van der Waals surface area (Å²) in [5, 5.41) is 0.104. The summed E-state index contributed by atoms with van der Waals surface area (Å²) in [5.41, 5.74) is 0. The van der Waals surface area contributed by atoms with Crippen LogP contribution in [0.25, 0.3) is 0 Å². The van der Waals surface area contributed by atoms with Crippen molar-refractivity contribution in [1.82, 2.24) is 4.90 Å². The molecular weight excluding hydrogens is 326 g/mol. The van der Waals surface area contributed by atoms with Gasteiger partial charge in [0.15, 0.2) is 15.7 Å². The number of carbonyl (C=O) groups excluding carboxylic acids is 1. The molecule has 0 N–H and O–H groups in total. The Morgan fingerprint density at radius 1 is 1.32 bits per heavy atom. The van der Waals surface area contributed by atoms with E-state index in [-0.39, 0.29) is 9.92 Å². The zero-order valence-electron chi connectivity index (χ0n) is 12.9. The van der Waals surface area contributed by atoms with Crippen molar-refractivity contribution in [2.24, 2.45) is 0 Å². The van der Waals surface area contributed by atoms with E-state index in [1.165, 1.54) is 24.1 Å². The number of hydrogen-bond acceptors (Lipinski definition) is 4. The number of ether oxygens (including phenoxy) is 1. The molecule has 1 aromatic carbocycles. The van der Waals surface area contributed by atoms with E-state index in [1.807, 2.05) is 6.92 Å².